The van der Waals surface area contributed by atoms with E-state index in [-0.39, 0.29) is 5.91 Å². The summed E-state index contributed by atoms with van der Waals surface area (Å²) >= 11 is 5.48. The lowest BCUT2D eigenvalue weighted by atomic mass is 9.90. The monoisotopic (exact) mass is 465 g/mol. The standard InChI is InChI=1S/C15H17BrINO3/c1-2-6-15(14(20)21)7-3-8-18(15)13(19)11-9-10(16)4-5-12(11)17/h4-5,9H,2-3,6-8H2,1H3,(H,20,21). The number of rotatable bonds is 4. The largest absolute Gasteiger partial charge is 0.479 e. The van der Waals surface area contributed by atoms with E-state index in [1.807, 2.05) is 19.1 Å². The van der Waals surface area contributed by atoms with E-state index in [1.165, 1.54) is 0 Å². The average Bonchev–Trinajstić information content (AvgIpc) is 2.86. The Balaban J connectivity index is 2.41. The van der Waals surface area contributed by atoms with Gasteiger partial charge in [0.25, 0.3) is 5.91 Å². The fourth-order valence-electron chi connectivity index (χ4n) is 2.98. The first kappa shape index (κ1) is 16.7. The van der Waals surface area contributed by atoms with Gasteiger partial charge in [-0.15, -0.1) is 0 Å². The van der Waals surface area contributed by atoms with E-state index in [2.05, 4.69) is 38.5 Å². The number of amides is 1. The van der Waals surface area contributed by atoms with Crippen molar-refractivity contribution in [3.05, 3.63) is 31.8 Å². The first-order valence-electron chi connectivity index (χ1n) is 6.93. The number of nitrogens with zero attached hydrogens (tertiary/aromatic N) is 1. The lowest BCUT2D eigenvalue weighted by Crippen LogP contribution is -2.53. The van der Waals surface area contributed by atoms with Crippen LogP contribution in [0.15, 0.2) is 22.7 Å². The summed E-state index contributed by atoms with van der Waals surface area (Å²) in [5, 5.41) is 9.68. The second-order valence-corrected chi connectivity index (χ2v) is 7.35. The Kier molecular flexibility index (Phi) is 5.29. The van der Waals surface area contributed by atoms with Crippen molar-refractivity contribution in [2.45, 2.75) is 38.1 Å². The lowest BCUT2D eigenvalue weighted by molar-refractivity contribution is -0.148. The molecule has 0 bridgehead atoms. The molecule has 1 saturated heterocycles. The van der Waals surface area contributed by atoms with E-state index < -0.39 is 11.5 Å². The minimum absolute atomic E-state index is 0.186. The molecule has 0 aliphatic carbocycles. The van der Waals surface area contributed by atoms with Gasteiger partial charge in [0, 0.05) is 14.6 Å². The quantitative estimate of drug-likeness (QED) is 0.686. The summed E-state index contributed by atoms with van der Waals surface area (Å²) in [5.74, 6) is -1.07. The van der Waals surface area contributed by atoms with E-state index in [1.54, 1.807) is 11.0 Å². The van der Waals surface area contributed by atoms with Crippen LogP contribution in [0.25, 0.3) is 0 Å². The van der Waals surface area contributed by atoms with Crippen molar-refractivity contribution >= 4 is 50.4 Å². The van der Waals surface area contributed by atoms with Crippen LogP contribution in [0.5, 0.6) is 0 Å². The molecule has 114 valence electrons. The Morgan fingerprint density at radius 2 is 2.19 bits per heavy atom. The second-order valence-electron chi connectivity index (χ2n) is 5.27. The molecule has 0 saturated carbocycles. The SMILES string of the molecule is CCCC1(C(=O)O)CCCN1C(=O)c1cc(Br)ccc1I. The molecule has 1 aromatic carbocycles. The molecular weight excluding hydrogens is 449 g/mol. The van der Waals surface area contributed by atoms with Gasteiger partial charge in [0.2, 0.25) is 0 Å². The predicted octanol–water partition coefficient (Wildman–Crippen LogP) is 3.91. The van der Waals surface area contributed by atoms with Crippen molar-refractivity contribution in [2.24, 2.45) is 0 Å². The van der Waals surface area contributed by atoms with Crippen molar-refractivity contribution in [2.75, 3.05) is 6.54 Å². The number of hydrogen-bond acceptors (Lipinski definition) is 2. The van der Waals surface area contributed by atoms with Crippen LogP contribution in [0.4, 0.5) is 0 Å². The number of halogens is 2. The van der Waals surface area contributed by atoms with Crippen LogP contribution >= 0.6 is 38.5 Å². The summed E-state index contributed by atoms with van der Waals surface area (Å²) in [5.41, 5.74) is -0.481. The molecule has 1 aliphatic heterocycles. The van der Waals surface area contributed by atoms with E-state index in [0.29, 0.717) is 24.9 Å². The zero-order valence-corrected chi connectivity index (χ0v) is 15.5. The molecule has 21 heavy (non-hydrogen) atoms. The zero-order chi connectivity index (χ0) is 15.6. The third-order valence-electron chi connectivity index (χ3n) is 3.95. The highest BCUT2D eigenvalue weighted by atomic mass is 127. The molecule has 1 aromatic rings. The van der Waals surface area contributed by atoms with E-state index in [4.69, 9.17) is 0 Å². The van der Waals surface area contributed by atoms with Crippen molar-refractivity contribution < 1.29 is 14.7 Å². The van der Waals surface area contributed by atoms with E-state index in [0.717, 1.165) is 20.9 Å². The summed E-state index contributed by atoms with van der Waals surface area (Å²) < 4.78 is 1.66. The minimum atomic E-state index is -1.04. The molecular formula is C15H17BrINO3. The number of carbonyl (C=O) groups excluding carboxylic acids is 1. The Bertz CT molecular complexity index is 578. The van der Waals surface area contributed by atoms with E-state index >= 15 is 0 Å². The molecule has 1 heterocycles. The Labute approximate surface area is 146 Å². The molecule has 0 aromatic heterocycles. The predicted molar refractivity (Wildman–Crippen MR) is 92.4 cm³/mol. The number of likely N-dealkylation sites (tertiary alicyclic amines) is 1. The maximum absolute atomic E-state index is 12.9. The van der Waals surface area contributed by atoms with Gasteiger partial charge in [0.1, 0.15) is 5.54 Å². The molecule has 1 atom stereocenters. The van der Waals surface area contributed by atoms with Crippen LogP contribution in [-0.2, 0) is 4.79 Å². The number of carbonyl (C=O) groups is 2. The first-order chi connectivity index (χ1) is 9.92. The van der Waals surface area contributed by atoms with E-state index in [9.17, 15) is 14.7 Å². The van der Waals surface area contributed by atoms with Gasteiger partial charge in [-0.2, -0.15) is 0 Å². The first-order valence-corrected chi connectivity index (χ1v) is 8.80. The third kappa shape index (κ3) is 3.11. The maximum Gasteiger partial charge on any atom is 0.329 e. The van der Waals surface area contributed by atoms with Gasteiger partial charge in [0.15, 0.2) is 0 Å². The molecule has 1 unspecified atom stereocenters. The number of hydrogen-bond donors (Lipinski definition) is 1. The molecule has 4 nitrogen and oxygen atoms in total. The minimum Gasteiger partial charge on any atom is -0.479 e. The summed E-state index contributed by atoms with van der Waals surface area (Å²) in [6.07, 6.45) is 2.51. The molecule has 1 N–H and O–H groups in total. The maximum atomic E-state index is 12.9. The van der Waals surface area contributed by atoms with Crippen molar-refractivity contribution in [3.8, 4) is 0 Å². The van der Waals surface area contributed by atoms with Crippen LogP contribution in [0.2, 0.25) is 0 Å². The number of benzene rings is 1. The highest BCUT2D eigenvalue weighted by Gasteiger charge is 2.49. The van der Waals surface area contributed by atoms with Crippen LogP contribution in [0.1, 0.15) is 43.0 Å². The molecule has 1 aliphatic rings. The Hall–Kier alpha value is -0.630. The van der Waals surface area contributed by atoms with Crippen LogP contribution < -0.4 is 0 Å². The highest BCUT2D eigenvalue weighted by Crippen LogP contribution is 2.36. The molecule has 1 fully saturated rings. The second kappa shape index (κ2) is 6.64. The molecule has 0 spiro atoms. The number of aliphatic carboxylic acids is 1. The molecule has 6 heteroatoms. The molecule has 2 rings (SSSR count). The van der Waals surface area contributed by atoms with Gasteiger partial charge in [-0.05, 0) is 60.1 Å². The number of carboxylic acids is 1. The van der Waals surface area contributed by atoms with Gasteiger partial charge >= 0.3 is 5.97 Å². The highest BCUT2D eigenvalue weighted by molar-refractivity contribution is 14.1. The van der Waals surface area contributed by atoms with Crippen molar-refractivity contribution in [1.29, 1.82) is 0 Å². The summed E-state index contributed by atoms with van der Waals surface area (Å²) in [4.78, 5) is 26.2. The summed E-state index contributed by atoms with van der Waals surface area (Å²) in [7, 11) is 0. The van der Waals surface area contributed by atoms with Gasteiger partial charge in [-0.1, -0.05) is 29.3 Å². The smallest absolute Gasteiger partial charge is 0.329 e. The van der Waals surface area contributed by atoms with Gasteiger partial charge < -0.3 is 10.0 Å². The van der Waals surface area contributed by atoms with Crippen LogP contribution in [-0.4, -0.2) is 34.0 Å². The van der Waals surface area contributed by atoms with Crippen molar-refractivity contribution in [3.63, 3.8) is 0 Å². The number of carboxylic acid groups (broad SMARTS) is 1. The van der Waals surface area contributed by atoms with Gasteiger partial charge in [-0.25, -0.2) is 4.79 Å². The topological polar surface area (TPSA) is 57.6 Å². The Morgan fingerprint density at radius 3 is 2.81 bits per heavy atom. The van der Waals surface area contributed by atoms with Gasteiger partial charge in [-0.3, -0.25) is 4.79 Å². The zero-order valence-electron chi connectivity index (χ0n) is 11.7. The fourth-order valence-corrected chi connectivity index (χ4v) is 3.91. The third-order valence-corrected chi connectivity index (χ3v) is 5.39. The lowest BCUT2D eigenvalue weighted by Gasteiger charge is -2.35. The van der Waals surface area contributed by atoms with Crippen LogP contribution in [0.3, 0.4) is 0 Å². The molecule has 1 amide bonds. The molecule has 0 radical (unpaired) electrons. The van der Waals surface area contributed by atoms with Crippen molar-refractivity contribution in [1.82, 2.24) is 4.90 Å². The van der Waals surface area contributed by atoms with Crippen LogP contribution in [0, 0.1) is 3.57 Å². The summed E-state index contributed by atoms with van der Waals surface area (Å²) in [6.45, 7) is 2.46. The van der Waals surface area contributed by atoms with Gasteiger partial charge in [0.05, 0.1) is 5.56 Å². The normalized spacial score (nSPS) is 21.6. The average molecular weight is 466 g/mol. The summed E-state index contributed by atoms with van der Waals surface area (Å²) in [6, 6.07) is 5.50. The Morgan fingerprint density at radius 1 is 1.48 bits per heavy atom. The fraction of sp³-hybridized carbons (Fsp3) is 0.467.